The van der Waals surface area contributed by atoms with E-state index < -0.39 is 0 Å². The van der Waals surface area contributed by atoms with Crippen LogP contribution in [0.5, 0.6) is 0 Å². The molecule has 1 N–H and O–H groups in total. The van der Waals surface area contributed by atoms with Gasteiger partial charge in [-0.2, -0.15) is 0 Å². The third kappa shape index (κ3) is 2.75. The molecule has 152 valence electrons. The zero-order valence-corrected chi connectivity index (χ0v) is 17.3. The highest BCUT2D eigenvalue weighted by atomic mass is 16.2. The molecule has 0 radical (unpaired) electrons. The maximum absolute atomic E-state index is 13.2. The van der Waals surface area contributed by atoms with Crippen molar-refractivity contribution in [3.8, 4) is 0 Å². The predicted octanol–water partition coefficient (Wildman–Crippen LogP) is 4.13. The third-order valence-electron chi connectivity index (χ3n) is 6.25. The highest BCUT2D eigenvalue weighted by Gasteiger charge is 2.29. The van der Waals surface area contributed by atoms with E-state index in [0.717, 1.165) is 34.3 Å². The first-order valence-corrected chi connectivity index (χ1v) is 10.4. The molecule has 5 rings (SSSR count). The summed E-state index contributed by atoms with van der Waals surface area (Å²) in [5.41, 5.74) is 4.17. The van der Waals surface area contributed by atoms with Gasteiger partial charge in [-0.05, 0) is 45.0 Å². The number of Topliss-reactive ketones (excluding diaryl/α,β-unsaturated/α-hetero) is 1. The first-order chi connectivity index (χ1) is 14.5. The number of carbonyl (C=O) groups is 2. The van der Waals surface area contributed by atoms with Crippen LogP contribution in [-0.4, -0.2) is 31.9 Å². The molecule has 2 atom stereocenters. The van der Waals surface area contributed by atoms with Crippen LogP contribution in [0.15, 0.2) is 48.5 Å². The molecule has 0 bridgehead atoms. The molecule has 1 aliphatic rings. The van der Waals surface area contributed by atoms with E-state index in [2.05, 4.69) is 33.3 Å². The highest BCUT2D eigenvalue weighted by molar-refractivity contribution is 6.04. The van der Waals surface area contributed by atoms with E-state index in [1.54, 1.807) is 0 Å². The van der Waals surface area contributed by atoms with Crippen LogP contribution in [0.2, 0.25) is 0 Å². The molecule has 6 nitrogen and oxygen atoms in total. The highest BCUT2D eigenvalue weighted by Crippen LogP contribution is 2.30. The summed E-state index contributed by atoms with van der Waals surface area (Å²) in [5, 5.41) is 3.97. The molecule has 2 aromatic carbocycles. The van der Waals surface area contributed by atoms with Crippen LogP contribution in [0, 0.1) is 0 Å². The number of nitrogens with zero attached hydrogens (tertiary/aromatic N) is 3. The average molecular weight is 400 g/mol. The Bertz CT molecular complexity index is 1310. The third-order valence-corrected chi connectivity index (χ3v) is 6.25. The van der Waals surface area contributed by atoms with Crippen molar-refractivity contribution < 1.29 is 9.59 Å². The summed E-state index contributed by atoms with van der Waals surface area (Å²) in [7, 11) is 0. The van der Waals surface area contributed by atoms with Gasteiger partial charge < -0.3 is 14.5 Å². The zero-order valence-electron chi connectivity index (χ0n) is 17.3. The Hall–Kier alpha value is -3.41. The van der Waals surface area contributed by atoms with Crippen molar-refractivity contribution >= 4 is 33.6 Å². The molecule has 0 aliphatic carbocycles. The quantitative estimate of drug-likeness (QED) is 0.524. The minimum absolute atomic E-state index is 0.0263. The van der Waals surface area contributed by atoms with Gasteiger partial charge in [0.1, 0.15) is 11.5 Å². The van der Waals surface area contributed by atoms with Gasteiger partial charge in [0.25, 0.3) is 5.91 Å². The number of ketones is 1. The Morgan fingerprint density at radius 3 is 2.70 bits per heavy atom. The molecule has 30 heavy (non-hydrogen) atoms. The number of rotatable bonds is 4. The van der Waals surface area contributed by atoms with Crippen LogP contribution in [0.25, 0.3) is 21.9 Å². The van der Waals surface area contributed by atoms with Gasteiger partial charge in [0.15, 0.2) is 5.78 Å². The van der Waals surface area contributed by atoms with Crippen molar-refractivity contribution in [2.75, 3.05) is 0 Å². The van der Waals surface area contributed by atoms with Gasteiger partial charge in [0, 0.05) is 29.1 Å². The van der Waals surface area contributed by atoms with Gasteiger partial charge in [-0.3, -0.25) is 9.59 Å². The fourth-order valence-electron chi connectivity index (χ4n) is 4.49. The summed E-state index contributed by atoms with van der Waals surface area (Å²) >= 11 is 0. The smallest absolute Gasteiger partial charge is 0.268 e. The van der Waals surface area contributed by atoms with Crippen LogP contribution in [0.3, 0.4) is 0 Å². The molecule has 0 saturated heterocycles. The minimum atomic E-state index is -0.0682. The minimum Gasteiger partial charge on any atom is -0.346 e. The van der Waals surface area contributed by atoms with Crippen LogP contribution >= 0.6 is 0 Å². The number of hydrogen-bond acceptors (Lipinski definition) is 3. The lowest BCUT2D eigenvalue weighted by molar-refractivity contribution is 0.0891. The van der Waals surface area contributed by atoms with E-state index >= 15 is 0 Å². The molecule has 0 spiro atoms. The molecule has 0 unspecified atom stereocenters. The summed E-state index contributed by atoms with van der Waals surface area (Å²) in [6, 6.07) is 15.7. The van der Waals surface area contributed by atoms with Crippen molar-refractivity contribution in [1.29, 1.82) is 0 Å². The SMILES string of the molecule is CCn1c(CC(=O)c2ccc3cc4n(c3c2)[C@@H](C)[C@@H](C)NC4=O)nc2ccccc21. The van der Waals surface area contributed by atoms with Gasteiger partial charge in [-0.25, -0.2) is 4.98 Å². The first-order valence-electron chi connectivity index (χ1n) is 10.4. The van der Waals surface area contributed by atoms with Gasteiger partial charge in [-0.1, -0.05) is 24.3 Å². The Labute approximate surface area is 174 Å². The van der Waals surface area contributed by atoms with E-state index in [9.17, 15) is 9.59 Å². The van der Waals surface area contributed by atoms with Crippen molar-refractivity contribution in [3.05, 3.63) is 65.6 Å². The Morgan fingerprint density at radius 2 is 1.90 bits per heavy atom. The standard InChI is InChI=1S/C24H24N4O2/c1-4-27-19-8-6-5-7-18(19)26-23(27)13-22(29)17-10-9-16-11-21-24(30)25-14(2)15(3)28(21)20(16)12-17/h5-12,14-15H,4,13H2,1-3H3,(H,25,30)/t14-,15+/m1/s1. The molecular formula is C24H24N4O2. The van der Waals surface area contributed by atoms with Crippen molar-refractivity contribution in [1.82, 2.24) is 19.4 Å². The molecule has 6 heteroatoms. The van der Waals surface area contributed by atoms with Crippen LogP contribution in [-0.2, 0) is 13.0 Å². The number of fused-ring (bicyclic) bond motifs is 4. The Balaban J connectivity index is 1.54. The van der Waals surface area contributed by atoms with Gasteiger partial charge >= 0.3 is 0 Å². The maximum atomic E-state index is 13.2. The van der Waals surface area contributed by atoms with E-state index in [0.29, 0.717) is 11.3 Å². The lowest BCUT2D eigenvalue weighted by atomic mass is 10.1. The zero-order chi connectivity index (χ0) is 21.0. The molecular weight excluding hydrogens is 376 g/mol. The van der Waals surface area contributed by atoms with Crippen molar-refractivity contribution in [3.63, 3.8) is 0 Å². The number of para-hydroxylation sites is 2. The molecule has 4 aromatic rings. The van der Waals surface area contributed by atoms with E-state index in [4.69, 9.17) is 0 Å². The molecule has 2 aromatic heterocycles. The number of carbonyl (C=O) groups excluding carboxylic acids is 2. The number of imidazole rings is 1. The first kappa shape index (κ1) is 18.6. The lowest BCUT2D eigenvalue weighted by Crippen LogP contribution is -2.44. The maximum Gasteiger partial charge on any atom is 0.268 e. The van der Waals surface area contributed by atoms with Gasteiger partial charge in [0.05, 0.1) is 23.5 Å². The van der Waals surface area contributed by atoms with Gasteiger partial charge in [-0.15, -0.1) is 0 Å². The monoisotopic (exact) mass is 400 g/mol. The summed E-state index contributed by atoms with van der Waals surface area (Å²) in [6.45, 7) is 6.92. The fourth-order valence-corrected chi connectivity index (χ4v) is 4.49. The van der Waals surface area contributed by atoms with Gasteiger partial charge in [0.2, 0.25) is 0 Å². The number of aromatic nitrogens is 3. The van der Waals surface area contributed by atoms with Crippen LogP contribution in [0.4, 0.5) is 0 Å². The summed E-state index contributed by atoms with van der Waals surface area (Å²) in [6.07, 6.45) is 0.244. The van der Waals surface area contributed by atoms with Crippen LogP contribution < -0.4 is 5.32 Å². The Morgan fingerprint density at radius 1 is 1.10 bits per heavy atom. The second-order valence-electron chi connectivity index (χ2n) is 8.04. The average Bonchev–Trinajstić information content (AvgIpc) is 3.29. The molecule has 3 heterocycles. The number of nitrogens with one attached hydrogen (secondary N) is 1. The number of benzene rings is 2. The Kier molecular flexibility index (Phi) is 4.24. The summed E-state index contributed by atoms with van der Waals surface area (Å²) < 4.78 is 4.15. The summed E-state index contributed by atoms with van der Waals surface area (Å²) in [5.74, 6) is 0.738. The van der Waals surface area contributed by atoms with E-state index in [-0.39, 0.29) is 30.2 Å². The summed E-state index contributed by atoms with van der Waals surface area (Å²) in [4.78, 5) is 30.3. The molecule has 1 aliphatic heterocycles. The molecule has 0 saturated carbocycles. The number of amides is 1. The number of aryl methyl sites for hydroxylation is 1. The largest absolute Gasteiger partial charge is 0.346 e. The predicted molar refractivity (Wildman–Crippen MR) is 117 cm³/mol. The second kappa shape index (κ2) is 6.83. The fraction of sp³-hybridized carbons (Fsp3) is 0.292. The second-order valence-corrected chi connectivity index (χ2v) is 8.04. The normalized spacial score (nSPS) is 18.6. The topological polar surface area (TPSA) is 68.9 Å². The van der Waals surface area contributed by atoms with Crippen molar-refractivity contribution in [2.45, 2.75) is 45.8 Å². The van der Waals surface area contributed by atoms with Crippen molar-refractivity contribution in [2.24, 2.45) is 0 Å². The molecule has 0 fully saturated rings. The van der Waals surface area contributed by atoms with Crippen LogP contribution in [0.1, 0.15) is 53.5 Å². The number of hydrogen-bond donors (Lipinski definition) is 1. The molecule has 1 amide bonds. The van der Waals surface area contributed by atoms with E-state index in [1.807, 2.05) is 55.5 Å². The lowest BCUT2D eigenvalue weighted by Gasteiger charge is -2.30. The van der Waals surface area contributed by atoms with E-state index in [1.165, 1.54) is 0 Å².